The Morgan fingerprint density at radius 1 is 1.24 bits per heavy atom. The zero-order valence-electron chi connectivity index (χ0n) is 9.17. The maximum absolute atomic E-state index is 13.9. The average Bonchev–Trinajstić information content (AvgIpc) is 2.79. The van der Waals surface area contributed by atoms with Crippen LogP contribution in [0.3, 0.4) is 0 Å². The van der Waals surface area contributed by atoms with Crippen molar-refractivity contribution in [1.29, 1.82) is 0 Å². The summed E-state index contributed by atoms with van der Waals surface area (Å²) in [4.78, 5) is 1.82. The smallest absolute Gasteiger partial charge is 0.185 e. The molecule has 1 aromatic heterocycles. The molecule has 0 amide bonds. The van der Waals surface area contributed by atoms with E-state index in [0.29, 0.717) is 24.1 Å². The summed E-state index contributed by atoms with van der Waals surface area (Å²) < 4.78 is 32.6. The lowest BCUT2D eigenvalue weighted by atomic mass is 10.2. The van der Waals surface area contributed by atoms with Crippen LogP contribution in [0.5, 0.6) is 0 Å². The molecule has 17 heavy (non-hydrogen) atoms. The van der Waals surface area contributed by atoms with E-state index in [9.17, 15) is 8.78 Å². The third-order valence-corrected chi connectivity index (χ3v) is 3.04. The van der Waals surface area contributed by atoms with Gasteiger partial charge in [-0.2, -0.15) is 0 Å². The third-order valence-electron chi connectivity index (χ3n) is 3.04. The molecule has 2 aromatic rings. The number of fused-ring (bicyclic) bond motifs is 1. The van der Waals surface area contributed by atoms with E-state index in [1.54, 1.807) is 6.07 Å². The maximum atomic E-state index is 13.9. The van der Waals surface area contributed by atoms with Crippen molar-refractivity contribution in [2.45, 2.75) is 0 Å². The van der Waals surface area contributed by atoms with E-state index in [0.717, 1.165) is 13.1 Å². The second-order valence-corrected chi connectivity index (χ2v) is 4.10. The van der Waals surface area contributed by atoms with E-state index in [2.05, 4.69) is 5.32 Å². The Balaban J connectivity index is 2.18. The van der Waals surface area contributed by atoms with Crippen LogP contribution >= 0.6 is 0 Å². The number of hydrogen-bond donors (Lipinski definition) is 1. The molecule has 5 heteroatoms. The third kappa shape index (κ3) is 1.67. The minimum atomic E-state index is -0.826. The molecule has 0 saturated carbocycles. The van der Waals surface area contributed by atoms with Crippen LogP contribution in [0.1, 0.15) is 0 Å². The highest BCUT2D eigenvalue weighted by molar-refractivity contribution is 5.90. The molecular formula is C12H12F2N2O. The topological polar surface area (TPSA) is 28.4 Å². The standard InChI is InChI=1S/C12H12F2N2O/c13-9-7-8-1-6-17-12(8)11(10(9)14)16-4-2-15-3-5-16/h1,6-7,15H,2-5H2. The number of nitrogens with one attached hydrogen (secondary N) is 1. The van der Waals surface area contributed by atoms with E-state index in [4.69, 9.17) is 4.42 Å². The number of anilines is 1. The van der Waals surface area contributed by atoms with E-state index < -0.39 is 11.6 Å². The fraction of sp³-hybridized carbons (Fsp3) is 0.333. The van der Waals surface area contributed by atoms with Crippen molar-refractivity contribution >= 4 is 16.7 Å². The first-order chi connectivity index (χ1) is 8.27. The molecule has 0 aliphatic carbocycles. The van der Waals surface area contributed by atoms with Gasteiger partial charge in [0.25, 0.3) is 0 Å². The lowest BCUT2D eigenvalue weighted by Crippen LogP contribution is -2.44. The largest absolute Gasteiger partial charge is 0.462 e. The van der Waals surface area contributed by atoms with Gasteiger partial charge in [0.2, 0.25) is 0 Å². The van der Waals surface area contributed by atoms with Crippen molar-refractivity contribution in [3.05, 3.63) is 30.0 Å². The van der Waals surface area contributed by atoms with Crippen LogP contribution in [0, 0.1) is 11.6 Å². The highest BCUT2D eigenvalue weighted by Crippen LogP contribution is 2.32. The molecule has 1 N–H and O–H groups in total. The Morgan fingerprint density at radius 3 is 2.76 bits per heavy atom. The molecule has 3 nitrogen and oxygen atoms in total. The summed E-state index contributed by atoms with van der Waals surface area (Å²) in [5.74, 6) is -1.65. The van der Waals surface area contributed by atoms with Crippen LogP contribution in [0.4, 0.5) is 14.5 Å². The highest BCUT2D eigenvalue weighted by Gasteiger charge is 2.22. The summed E-state index contributed by atoms with van der Waals surface area (Å²) in [6, 6.07) is 2.81. The van der Waals surface area contributed by atoms with Crippen LogP contribution in [0.15, 0.2) is 22.8 Å². The molecule has 0 spiro atoms. The maximum Gasteiger partial charge on any atom is 0.185 e. The fourth-order valence-corrected chi connectivity index (χ4v) is 2.21. The Hall–Kier alpha value is -1.62. The molecule has 0 bridgehead atoms. The minimum absolute atomic E-state index is 0.242. The Morgan fingerprint density at radius 2 is 2.00 bits per heavy atom. The summed E-state index contributed by atoms with van der Waals surface area (Å²) >= 11 is 0. The first kappa shape index (κ1) is 10.5. The highest BCUT2D eigenvalue weighted by atomic mass is 19.2. The molecule has 3 rings (SSSR count). The zero-order chi connectivity index (χ0) is 11.8. The summed E-state index contributed by atoms with van der Waals surface area (Å²) in [5.41, 5.74) is 0.664. The van der Waals surface area contributed by atoms with Gasteiger partial charge in [-0.1, -0.05) is 0 Å². The summed E-state index contributed by atoms with van der Waals surface area (Å²) in [6.07, 6.45) is 1.45. The molecule has 1 saturated heterocycles. The van der Waals surface area contributed by atoms with Gasteiger partial charge in [-0.05, 0) is 12.1 Å². The van der Waals surface area contributed by atoms with Gasteiger partial charge < -0.3 is 14.6 Å². The molecule has 1 fully saturated rings. The number of hydrogen-bond acceptors (Lipinski definition) is 3. The van der Waals surface area contributed by atoms with Crippen molar-refractivity contribution in [2.24, 2.45) is 0 Å². The van der Waals surface area contributed by atoms with Crippen LogP contribution in [0.25, 0.3) is 11.0 Å². The SMILES string of the molecule is Fc1cc2ccoc2c(N2CCNCC2)c1F. The van der Waals surface area contributed by atoms with Gasteiger partial charge in [0.05, 0.1) is 6.26 Å². The molecule has 1 aliphatic rings. The molecule has 1 aliphatic heterocycles. The van der Waals surface area contributed by atoms with Crippen molar-refractivity contribution in [2.75, 3.05) is 31.1 Å². The van der Waals surface area contributed by atoms with Crippen LogP contribution in [-0.4, -0.2) is 26.2 Å². The van der Waals surface area contributed by atoms with Gasteiger partial charge in [-0.15, -0.1) is 0 Å². The molecular weight excluding hydrogens is 226 g/mol. The number of piperazine rings is 1. The number of halogens is 2. The quantitative estimate of drug-likeness (QED) is 0.825. The average molecular weight is 238 g/mol. The first-order valence-corrected chi connectivity index (χ1v) is 5.58. The predicted octanol–water partition coefficient (Wildman–Crippen LogP) is 2.12. The predicted molar refractivity (Wildman–Crippen MR) is 61.2 cm³/mol. The first-order valence-electron chi connectivity index (χ1n) is 5.58. The summed E-state index contributed by atoms with van der Waals surface area (Å²) in [6.45, 7) is 2.82. The van der Waals surface area contributed by atoms with Gasteiger partial charge >= 0.3 is 0 Å². The zero-order valence-corrected chi connectivity index (χ0v) is 9.17. The molecule has 1 aromatic carbocycles. The van der Waals surface area contributed by atoms with Crippen LogP contribution in [-0.2, 0) is 0 Å². The van der Waals surface area contributed by atoms with Gasteiger partial charge in [-0.25, -0.2) is 8.78 Å². The van der Waals surface area contributed by atoms with E-state index >= 15 is 0 Å². The summed E-state index contributed by atoms with van der Waals surface area (Å²) in [5, 5.41) is 3.77. The van der Waals surface area contributed by atoms with E-state index in [-0.39, 0.29) is 5.69 Å². The number of nitrogens with zero attached hydrogens (tertiary/aromatic N) is 1. The Bertz CT molecular complexity index is 547. The second-order valence-electron chi connectivity index (χ2n) is 4.10. The Labute approximate surface area is 97.0 Å². The van der Waals surface area contributed by atoms with E-state index in [1.807, 2.05) is 4.90 Å². The fourth-order valence-electron chi connectivity index (χ4n) is 2.21. The van der Waals surface area contributed by atoms with Gasteiger partial charge in [0.15, 0.2) is 17.2 Å². The number of benzene rings is 1. The lowest BCUT2D eigenvalue weighted by molar-refractivity contribution is 0.497. The minimum Gasteiger partial charge on any atom is -0.462 e. The molecule has 0 radical (unpaired) electrons. The van der Waals surface area contributed by atoms with Crippen molar-refractivity contribution in [3.63, 3.8) is 0 Å². The molecule has 90 valence electrons. The van der Waals surface area contributed by atoms with Gasteiger partial charge in [0.1, 0.15) is 5.69 Å². The van der Waals surface area contributed by atoms with Crippen molar-refractivity contribution < 1.29 is 13.2 Å². The van der Waals surface area contributed by atoms with Gasteiger partial charge in [-0.3, -0.25) is 0 Å². The molecule has 0 unspecified atom stereocenters. The van der Waals surface area contributed by atoms with Crippen molar-refractivity contribution in [1.82, 2.24) is 5.32 Å². The molecule has 2 heterocycles. The van der Waals surface area contributed by atoms with Crippen LogP contribution in [0.2, 0.25) is 0 Å². The van der Waals surface area contributed by atoms with Crippen molar-refractivity contribution in [3.8, 4) is 0 Å². The Kier molecular flexibility index (Phi) is 2.48. The second kappa shape index (κ2) is 4.00. The van der Waals surface area contributed by atoms with Crippen LogP contribution < -0.4 is 10.2 Å². The van der Waals surface area contributed by atoms with Gasteiger partial charge in [0, 0.05) is 31.6 Å². The normalized spacial score (nSPS) is 16.7. The number of rotatable bonds is 1. The monoisotopic (exact) mass is 238 g/mol. The lowest BCUT2D eigenvalue weighted by Gasteiger charge is -2.29. The number of furan rings is 1. The van der Waals surface area contributed by atoms with E-state index in [1.165, 1.54) is 12.3 Å². The molecule has 0 atom stereocenters. The summed E-state index contributed by atoms with van der Waals surface area (Å²) in [7, 11) is 0.